The molecule has 1 aliphatic heterocycles. The van der Waals surface area contributed by atoms with Gasteiger partial charge in [-0.25, -0.2) is 0 Å². The van der Waals surface area contributed by atoms with Crippen molar-refractivity contribution in [1.29, 1.82) is 0 Å². The summed E-state index contributed by atoms with van der Waals surface area (Å²) in [5.74, 6) is -0.698. The molecule has 2 unspecified atom stereocenters. The van der Waals surface area contributed by atoms with Crippen LogP contribution in [0.2, 0.25) is 0 Å². The van der Waals surface area contributed by atoms with Gasteiger partial charge in [0.25, 0.3) is 0 Å². The van der Waals surface area contributed by atoms with Gasteiger partial charge in [-0.3, -0.25) is 0 Å². The molecule has 0 aliphatic carbocycles. The van der Waals surface area contributed by atoms with Gasteiger partial charge in [0.15, 0.2) is 0 Å². The maximum absolute atomic E-state index is 12.6. The van der Waals surface area contributed by atoms with E-state index in [-0.39, 0.29) is 18.9 Å². The Balaban J connectivity index is 1.77. The molecular formula is C12H12F3N3OS. The third-order valence-corrected chi connectivity index (χ3v) is 4.41. The normalized spacial score (nSPS) is 23.4. The molecule has 20 heavy (non-hydrogen) atoms. The molecule has 1 saturated heterocycles. The van der Waals surface area contributed by atoms with Crippen LogP contribution >= 0.6 is 11.3 Å². The number of halogens is 3. The first kappa shape index (κ1) is 13.6. The molecule has 2 aromatic heterocycles. The Bertz CT molecular complexity index is 607. The quantitative estimate of drug-likeness (QED) is 0.924. The van der Waals surface area contributed by atoms with Gasteiger partial charge in [-0.05, 0) is 30.4 Å². The van der Waals surface area contributed by atoms with E-state index in [0.717, 1.165) is 10.4 Å². The zero-order valence-corrected chi connectivity index (χ0v) is 11.4. The molecule has 1 N–H and O–H groups in total. The van der Waals surface area contributed by atoms with Crippen molar-refractivity contribution >= 4 is 11.3 Å². The van der Waals surface area contributed by atoms with Crippen molar-refractivity contribution in [2.45, 2.75) is 25.6 Å². The Hall–Kier alpha value is -1.41. The van der Waals surface area contributed by atoms with Crippen molar-refractivity contribution in [1.82, 2.24) is 15.5 Å². The molecule has 1 aliphatic rings. The predicted molar refractivity (Wildman–Crippen MR) is 67.3 cm³/mol. The van der Waals surface area contributed by atoms with Crippen molar-refractivity contribution in [2.75, 3.05) is 6.54 Å². The lowest BCUT2D eigenvalue weighted by Crippen LogP contribution is -2.24. The van der Waals surface area contributed by atoms with Crippen LogP contribution in [0.25, 0.3) is 10.7 Å². The van der Waals surface area contributed by atoms with Gasteiger partial charge >= 0.3 is 6.18 Å². The van der Waals surface area contributed by atoms with Crippen LogP contribution < -0.4 is 5.32 Å². The Morgan fingerprint density at radius 2 is 2.25 bits per heavy atom. The number of hydrogen-bond acceptors (Lipinski definition) is 5. The summed E-state index contributed by atoms with van der Waals surface area (Å²) < 4.78 is 43.0. The first-order chi connectivity index (χ1) is 9.45. The fraction of sp³-hybridized carbons (Fsp3) is 0.500. The number of hydrogen-bond donors (Lipinski definition) is 1. The smallest absolute Gasteiger partial charge is 0.337 e. The Morgan fingerprint density at radius 3 is 2.85 bits per heavy atom. The summed E-state index contributed by atoms with van der Waals surface area (Å²) in [6.07, 6.45) is -4.25. The zero-order valence-electron chi connectivity index (χ0n) is 10.6. The minimum Gasteiger partial charge on any atom is -0.337 e. The maximum atomic E-state index is 12.6. The molecule has 0 saturated carbocycles. The largest absolute Gasteiger partial charge is 0.393 e. The lowest BCUT2D eigenvalue weighted by atomic mass is 10.1. The molecule has 108 valence electrons. The third-order valence-electron chi connectivity index (χ3n) is 3.40. The second-order valence-electron chi connectivity index (χ2n) is 4.82. The van der Waals surface area contributed by atoms with Crippen LogP contribution in [0.1, 0.15) is 23.9 Å². The number of nitrogens with one attached hydrogen (secondary N) is 1. The molecule has 0 spiro atoms. The molecule has 1 fully saturated rings. The molecular weight excluding hydrogens is 291 g/mol. The molecule has 8 heteroatoms. The van der Waals surface area contributed by atoms with E-state index in [1.54, 1.807) is 0 Å². The van der Waals surface area contributed by atoms with E-state index in [2.05, 4.69) is 15.5 Å². The number of aromatic nitrogens is 2. The van der Waals surface area contributed by atoms with Crippen molar-refractivity contribution in [3.8, 4) is 10.7 Å². The lowest BCUT2D eigenvalue weighted by Gasteiger charge is -2.12. The fourth-order valence-corrected chi connectivity index (χ4v) is 3.09. The van der Waals surface area contributed by atoms with Gasteiger partial charge in [0.05, 0.1) is 16.8 Å². The standard InChI is InChI=1S/C12H12F3N3OS/c1-6-2-3-20-9(6)10-17-11(19-18-10)8-4-7(5-16-8)12(13,14)15/h2-3,7-8,16H,4-5H2,1H3. The van der Waals surface area contributed by atoms with Gasteiger partial charge in [-0.2, -0.15) is 18.2 Å². The summed E-state index contributed by atoms with van der Waals surface area (Å²) in [5, 5.41) is 8.56. The molecule has 2 aromatic rings. The lowest BCUT2D eigenvalue weighted by molar-refractivity contribution is -0.169. The average molecular weight is 303 g/mol. The van der Waals surface area contributed by atoms with Crippen LogP contribution in [0.3, 0.4) is 0 Å². The van der Waals surface area contributed by atoms with Gasteiger partial charge in [-0.15, -0.1) is 11.3 Å². The molecule has 4 nitrogen and oxygen atoms in total. The highest BCUT2D eigenvalue weighted by Crippen LogP contribution is 2.37. The monoisotopic (exact) mass is 303 g/mol. The molecule has 0 bridgehead atoms. The molecule has 2 atom stereocenters. The van der Waals surface area contributed by atoms with Gasteiger partial charge in [0.1, 0.15) is 0 Å². The van der Waals surface area contributed by atoms with Gasteiger partial charge in [0, 0.05) is 6.54 Å². The van der Waals surface area contributed by atoms with Crippen LogP contribution in [0.5, 0.6) is 0 Å². The molecule has 0 aromatic carbocycles. The summed E-state index contributed by atoms with van der Waals surface area (Å²) in [6.45, 7) is 1.82. The minimum absolute atomic E-state index is 0.0610. The average Bonchev–Trinajstić information content (AvgIpc) is 3.05. The molecule has 3 rings (SSSR count). The van der Waals surface area contributed by atoms with E-state index in [4.69, 9.17) is 4.52 Å². The third kappa shape index (κ3) is 2.45. The number of nitrogens with zero attached hydrogens (tertiary/aromatic N) is 2. The highest BCUT2D eigenvalue weighted by molar-refractivity contribution is 7.13. The summed E-state index contributed by atoms with van der Waals surface area (Å²) in [6, 6.07) is 1.41. The summed E-state index contributed by atoms with van der Waals surface area (Å²) in [7, 11) is 0. The first-order valence-corrected chi connectivity index (χ1v) is 7.01. The van der Waals surface area contributed by atoms with Gasteiger partial charge in [0.2, 0.25) is 11.7 Å². The summed E-state index contributed by atoms with van der Waals surface area (Å²) >= 11 is 1.48. The van der Waals surface area contributed by atoms with Crippen molar-refractivity contribution in [2.24, 2.45) is 5.92 Å². The predicted octanol–water partition coefficient (Wildman–Crippen LogP) is 3.32. The molecule has 0 amide bonds. The van der Waals surface area contributed by atoms with Crippen LogP contribution in [0.4, 0.5) is 13.2 Å². The van der Waals surface area contributed by atoms with E-state index in [1.165, 1.54) is 11.3 Å². The second kappa shape index (κ2) is 4.85. The second-order valence-corrected chi connectivity index (χ2v) is 5.74. The van der Waals surface area contributed by atoms with Gasteiger partial charge < -0.3 is 9.84 Å². The topological polar surface area (TPSA) is 51.0 Å². The Labute approximate surface area is 117 Å². The van der Waals surface area contributed by atoms with Crippen molar-refractivity contribution < 1.29 is 17.7 Å². The number of rotatable bonds is 2. The van der Waals surface area contributed by atoms with E-state index >= 15 is 0 Å². The Kier molecular flexibility index (Phi) is 3.29. The first-order valence-electron chi connectivity index (χ1n) is 6.13. The fourth-order valence-electron chi connectivity index (χ4n) is 2.24. The number of alkyl halides is 3. The molecule has 0 radical (unpaired) electrons. The zero-order chi connectivity index (χ0) is 14.3. The van der Waals surface area contributed by atoms with E-state index in [1.807, 2.05) is 18.4 Å². The number of aryl methyl sites for hydroxylation is 1. The van der Waals surface area contributed by atoms with E-state index in [9.17, 15) is 13.2 Å². The maximum Gasteiger partial charge on any atom is 0.393 e. The highest BCUT2D eigenvalue weighted by atomic mass is 32.1. The SMILES string of the molecule is Cc1ccsc1-c1noc(C2CC(C(F)(F)F)CN2)n1. The van der Waals surface area contributed by atoms with E-state index < -0.39 is 18.1 Å². The summed E-state index contributed by atoms with van der Waals surface area (Å²) in [5.41, 5.74) is 1.02. The van der Waals surface area contributed by atoms with E-state index in [0.29, 0.717) is 5.82 Å². The van der Waals surface area contributed by atoms with Crippen LogP contribution in [0, 0.1) is 12.8 Å². The van der Waals surface area contributed by atoms with Crippen LogP contribution in [-0.4, -0.2) is 22.9 Å². The minimum atomic E-state index is -4.19. The van der Waals surface area contributed by atoms with Gasteiger partial charge in [-0.1, -0.05) is 5.16 Å². The highest BCUT2D eigenvalue weighted by Gasteiger charge is 2.45. The number of thiophene rings is 1. The van der Waals surface area contributed by atoms with Crippen molar-refractivity contribution in [3.05, 3.63) is 22.9 Å². The van der Waals surface area contributed by atoms with Crippen LogP contribution in [0.15, 0.2) is 16.0 Å². The molecule has 3 heterocycles. The Morgan fingerprint density at radius 1 is 1.45 bits per heavy atom. The summed E-state index contributed by atoms with van der Waals surface area (Å²) in [4.78, 5) is 5.09. The van der Waals surface area contributed by atoms with Crippen LogP contribution in [-0.2, 0) is 0 Å². The van der Waals surface area contributed by atoms with Crippen molar-refractivity contribution in [3.63, 3.8) is 0 Å².